The fourth-order valence-corrected chi connectivity index (χ4v) is 3.08. The third kappa shape index (κ3) is 3.12. The van der Waals surface area contributed by atoms with Gasteiger partial charge in [0.2, 0.25) is 5.95 Å². The van der Waals surface area contributed by atoms with Gasteiger partial charge in [0.15, 0.2) is 5.65 Å². The molecule has 1 aliphatic heterocycles. The summed E-state index contributed by atoms with van der Waals surface area (Å²) < 4.78 is 22.8. The third-order valence-electron chi connectivity index (χ3n) is 3.77. The van der Waals surface area contributed by atoms with Gasteiger partial charge < -0.3 is 20.8 Å². The van der Waals surface area contributed by atoms with Crippen molar-refractivity contribution in [1.29, 1.82) is 0 Å². The summed E-state index contributed by atoms with van der Waals surface area (Å²) in [5, 5.41) is 0.392. The van der Waals surface area contributed by atoms with Gasteiger partial charge in [-0.1, -0.05) is 0 Å². The van der Waals surface area contributed by atoms with Crippen molar-refractivity contribution in [2.24, 2.45) is 5.73 Å². The molecule has 10 nitrogen and oxygen atoms in total. The molecule has 1 fully saturated rings. The second kappa shape index (κ2) is 6.34. The van der Waals surface area contributed by atoms with E-state index in [-0.39, 0.29) is 37.0 Å². The number of ether oxygens (including phenoxy) is 1. The Kier molecular flexibility index (Phi) is 4.42. The zero-order chi connectivity index (χ0) is 16.6. The van der Waals surface area contributed by atoms with Gasteiger partial charge in [0, 0.05) is 17.3 Å². The minimum absolute atomic E-state index is 0.0144. The Morgan fingerprint density at radius 1 is 1.57 bits per heavy atom. The van der Waals surface area contributed by atoms with Crippen LogP contribution in [0.15, 0.2) is 11.0 Å². The van der Waals surface area contributed by atoms with Crippen LogP contribution in [0.25, 0.3) is 11.0 Å². The predicted molar refractivity (Wildman–Crippen MR) is 81.6 cm³/mol. The van der Waals surface area contributed by atoms with Crippen LogP contribution in [0.1, 0.15) is 24.6 Å². The lowest BCUT2D eigenvalue weighted by Crippen LogP contribution is -2.16. The first-order valence-electron chi connectivity index (χ1n) is 7.03. The topological polar surface area (TPSA) is 158 Å². The van der Waals surface area contributed by atoms with Crippen molar-refractivity contribution in [2.45, 2.75) is 31.7 Å². The highest BCUT2D eigenvalue weighted by atomic mass is 31.1. The molecule has 6 N–H and O–H groups in total. The average Bonchev–Trinajstić information content (AvgIpc) is 3.08. The zero-order valence-corrected chi connectivity index (χ0v) is 13.0. The third-order valence-corrected chi connectivity index (χ3v) is 4.14. The Morgan fingerprint density at radius 3 is 3.04 bits per heavy atom. The summed E-state index contributed by atoms with van der Waals surface area (Å²) in [4.78, 5) is 27.4. The first kappa shape index (κ1) is 16.0. The smallest absolute Gasteiger partial charge is 0.369 e. The van der Waals surface area contributed by atoms with Gasteiger partial charge in [-0.3, -0.25) is 9.78 Å². The van der Waals surface area contributed by atoms with E-state index in [2.05, 4.69) is 14.5 Å². The quantitative estimate of drug-likeness (QED) is 0.557. The Balaban J connectivity index is 1.92. The molecule has 0 aliphatic carbocycles. The molecule has 11 heteroatoms. The van der Waals surface area contributed by atoms with Crippen molar-refractivity contribution in [3.05, 3.63) is 22.1 Å². The van der Waals surface area contributed by atoms with E-state index in [4.69, 9.17) is 21.1 Å². The summed E-state index contributed by atoms with van der Waals surface area (Å²) >= 11 is 0. The first-order valence-corrected chi connectivity index (χ1v) is 8.16. The van der Waals surface area contributed by atoms with Crippen molar-refractivity contribution in [2.75, 3.05) is 12.3 Å². The summed E-state index contributed by atoms with van der Waals surface area (Å²) in [6.45, 7) is 0.212. The SMILES string of the molecule is NCc1cn(C2CC[C@@H](CO[P+](=O)O)O2)c2nc(N)[nH]c(=O)c12. The van der Waals surface area contributed by atoms with E-state index in [1.54, 1.807) is 10.8 Å². The van der Waals surface area contributed by atoms with Crippen molar-refractivity contribution >= 4 is 25.2 Å². The molecule has 3 rings (SSSR count). The summed E-state index contributed by atoms with van der Waals surface area (Å²) in [5.41, 5.74) is 12.0. The van der Waals surface area contributed by atoms with Crippen LogP contribution in [0.5, 0.6) is 0 Å². The predicted octanol–water partition coefficient (Wildman–Crippen LogP) is 0.109. The molecular formula is C12H17N5O5P+. The maximum absolute atomic E-state index is 12.1. The van der Waals surface area contributed by atoms with Gasteiger partial charge in [0.1, 0.15) is 12.8 Å². The van der Waals surface area contributed by atoms with Crippen LogP contribution in [-0.2, 0) is 20.4 Å². The molecule has 2 unspecified atom stereocenters. The van der Waals surface area contributed by atoms with Gasteiger partial charge >= 0.3 is 8.25 Å². The highest BCUT2D eigenvalue weighted by Gasteiger charge is 2.31. The second-order valence-corrected chi connectivity index (χ2v) is 5.97. The number of anilines is 1. The average molecular weight is 342 g/mol. The molecule has 0 aromatic carbocycles. The normalized spacial score (nSPS) is 21.9. The van der Waals surface area contributed by atoms with Crippen LogP contribution < -0.4 is 17.0 Å². The molecule has 3 atom stereocenters. The van der Waals surface area contributed by atoms with E-state index in [1.165, 1.54) is 0 Å². The number of aromatic nitrogens is 3. The summed E-state index contributed by atoms with van der Waals surface area (Å²) in [7, 11) is -2.65. The molecular weight excluding hydrogens is 325 g/mol. The number of fused-ring (bicyclic) bond motifs is 1. The molecule has 0 amide bonds. The Hall–Kier alpha value is -1.84. The van der Waals surface area contributed by atoms with Crippen LogP contribution in [0.3, 0.4) is 0 Å². The number of nitrogens with two attached hydrogens (primary N) is 2. The number of nitrogens with one attached hydrogen (secondary N) is 1. The van der Waals surface area contributed by atoms with Crippen LogP contribution in [0.2, 0.25) is 0 Å². The Morgan fingerprint density at radius 2 is 2.35 bits per heavy atom. The van der Waals surface area contributed by atoms with E-state index in [0.29, 0.717) is 29.4 Å². The van der Waals surface area contributed by atoms with Gasteiger partial charge in [-0.15, -0.1) is 9.42 Å². The number of nitrogens with zero attached hydrogens (tertiary/aromatic N) is 2. The molecule has 0 bridgehead atoms. The van der Waals surface area contributed by atoms with E-state index in [0.717, 1.165) is 0 Å². The second-order valence-electron chi connectivity index (χ2n) is 5.24. The summed E-state index contributed by atoms with van der Waals surface area (Å²) in [6.07, 6.45) is 2.37. The van der Waals surface area contributed by atoms with Crippen LogP contribution >= 0.6 is 8.25 Å². The lowest BCUT2D eigenvalue weighted by atomic mass is 10.2. The minimum Gasteiger partial charge on any atom is -0.369 e. The maximum Gasteiger partial charge on any atom is 0.694 e. The molecule has 0 saturated carbocycles. The van der Waals surface area contributed by atoms with E-state index in [9.17, 15) is 9.36 Å². The fraction of sp³-hybridized carbons (Fsp3) is 0.500. The molecule has 1 saturated heterocycles. The fourth-order valence-electron chi connectivity index (χ4n) is 2.78. The van der Waals surface area contributed by atoms with Gasteiger partial charge in [0.05, 0.1) is 11.5 Å². The minimum atomic E-state index is -2.65. The van der Waals surface area contributed by atoms with Gasteiger partial charge in [-0.2, -0.15) is 4.98 Å². The van der Waals surface area contributed by atoms with Crippen LogP contribution in [0, 0.1) is 0 Å². The molecule has 3 heterocycles. The van der Waals surface area contributed by atoms with Gasteiger partial charge in [0.25, 0.3) is 5.56 Å². The number of nitrogen functional groups attached to an aromatic ring is 1. The molecule has 2 aromatic rings. The first-order chi connectivity index (χ1) is 11.0. The van der Waals surface area contributed by atoms with Gasteiger partial charge in [-0.05, 0) is 18.4 Å². The van der Waals surface area contributed by atoms with Crippen molar-refractivity contribution in [1.82, 2.24) is 14.5 Å². The molecule has 23 heavy (non-hydrogen) atoms. The number of aromatic amines is 1. The number of rotatable bonds is 5. The monoisotopic (exact) mass is 342 g/mol. The Bertz CT molecular complexity index is 803. The van der Waals surface area contributed by atoms with E-state index in [1.807, 2.05) is 0 Å². The zero-order valence-electron chi connectivity index (χ0n) is 12.1. The van der Waals surface area contributed by atoms with E-state index < -0.39 is 8.25 Å². The number of hydrogen-bond acceptors (Lipinski definition) is 7. The van der Waals surface area contributed by atoms with Crippen LogP contribution in [-0.4, -0.2) is 32.1 Å². The standard InChI is InChI=1S/C12H16N5O5P/c13-3-6-4-17(10-9(6)11(18)16-12(14)15-10)8-2-1-7(22-8)5-21-23(19)20/h4,7-8H,1-3,5,13H2,(H3-,14,15,16,18,19,20)/p+1/t7-,8?/m0/s1. The molecule has 0 radical (unpaired) electrons. The maximum atomic E-state index is 12.1. The Labute approximate surface area is 131 Å². The van der Waals surface area contributed by atoms with Gasteiger partial charge in [-0.25, -0.2) is 0 Å². The van der Waals surface area contributed by atoms with Crippen molar-refractivity contribution in [3.63, 3.8) is 0 Å². The number of hydrogen-bond donors (Lipinski definition) is 4. The lowest BCUT2D eigenvalue weighted by Gasteiger charge is -2.14. The molecule has 1 aliphatic rings. The molecule has 0 spiro atoms. The number of H-pyrrole nitrogens is 1. The largest absolute Gasteiger partial charge is 0.694 e. The van der Waals surface area contributed by atoms with Crippen molar-refractivity contribution < 1.29 is 18.7 Å². The van der Waals surface area contributed by atoms with Crippen molar-refractivity contribution in [3.8, 4) is 0 Å². The summed E-state index contributed by atoms with van der Waals surface area (Å²) in [6, 6.07) is 0. The lowest BCUT2D eigenvalue weighted by molar-refractivity contribution is -0.0160. The van der Waals surface area contributed by atoms with E-state index >= 15 is 0 Å². The molecule has 2 aromatic heterocycles. The highest BCUT2D eigenvalue weighted by Crippen LogP contribution is 2.33. The van der Waals surface area contributed by atoms with Crippen LogP contribution in [0.4, 0.5) is 5.95 Å². The highest BCUT2D eigenvalue weighted by molar-refractivity contribution is 7.32. The molecule has 124 valence electrons. The summed E-state index contributed by atoms with van der Waals surface area (Å²) in [5.74, 6) is 0.0144.